The van der Waals surface area contributed by atoms with Crippen molar-refractivity contribution in [2.75, 3.05) is 0 Å². The van der Waals surface area contributed by atoms with Gasteiger partial charge in [-0.25, -0.2) is 4.79 Å². The van der Waals surface area contributed by atoms with E-state index in [4.69, 9.17) is 5.11 Å². The first-order chi connectivity index (χ1) is 10.1. The summed E-state index contributed by atoms with van der Waals surface area (Å²) in [7, 11) is 0. The summed E-state index contributed by atoms with van der Waals surface area (Å²) in [6.07, 6.45) is -0.303. The summed E-state index contributed by atoms with van der Waals surface area (Å²) in [4.78, 5) is 22.9. The van der Waals surface area contributed by atoms with Gasteiger partial charge in [0.1, 0.15) is 0 Å². The Balaban J connectivity index is 1.77. The van der Waals surface area contributed by atoms with Crippen molar-refractivity contribution in [1.29, 1.82) is 0 Å². The van der Waals surface area contributed by atoms with Crippen molar-refractivity contribution in [2.45, 2.75) is 18.9 Å². The van der Waals surface area contributed by atoms with E-state index >= 15 is 0 Å². The van der Waals surface area contributed by atoms with Crippen molar-refractivity contribution < 1.29 is 14.7 Å². The van der Waals surface area contributed by atoms with Gasteiger partial charge >= 0.3 is 6.09 Å². The summed E-state index contributed by atoms with van der Waals surface area (Å²) in [5.74, 6) is 0.0471. The lowest BCUT2D eigenvalue weighted by Crippen LogP contribution is -2.19. The highest BCUT2D eigenvalue weighted by Crippen LogP contribution is 2.33. The van der Waals surface area contributed by atoms with Crippen LogP contribution in [0.2, 0.25) is 0 Å². The number of rotatable bonds is 3. The Kier molecular flexibility index (Phi) is 3.44. The Morgan fingerprint density at radius 3 is 2.52 bits per heavy atom. The predicted octanol–water partition coefficient (Wildman–Crippen LogP) is 2.98. The standard InChI is InChI=1S/C17H15NO3/c19-16-14-4-2-1-3-13(14)9-15(16)12-7-5-11(6-8-12)10-18-17(20)21/h1-8,15,18H,9-10H2,(H,20,21). The minimum atomic E-state index is -1.04. The maximum atomic E-state index is 12.4. The third-order valence-corrected chi connectivity index (χ3v) is 3.85. The molecule has 106 valence electrons. The Hall–Kier alpha value is -2.62. The second-order valence-electron chi connectivity index (χ2n) is 5.18. The number of amides is 1. The topological polar surface area (TPSA) is 66.4 Å². The van der Waals surface area contributed by atoms with Crippen LogP contribution < -0.4 is 5.32 Å². The SMILES string of the molecule is O=C(O)NCc1ccc(C2Cc3ccccc3C2=O)cc1. The fourth-order valence-electron chi connectivity index (χ4n) is 2.75. The number of Topliss-reactive ketones (excluding diaryl/α,β-unsaturated/α-hetero) is 1. The molecule has 3 rings (SSSR count). The van der Waals surface area contributed by atoms with Gasteiger partial charge in [0, 0.05) is 12.1 Å². The Bertz CT molecular complexity index is 691. The molecule has 21 heavy (non-hydrogen) atoms. The van der Waals surface area contributed by atoms with E-state index in [1.165, 1.54) is 0 Å². The van der Waals surface area contributed by atoms with Crippen molar-refractivity contribution in [1.82, 2.24) is 5.32 Å². The van der Waals surface area contributed by atoms with Gasteiger partial charge in [-0.3, -0.25) is 4.79 Å². The highest BCUT2D eigenvalue weighted by atomic mass is 16.4. The van der Waals surface area contributed by atoms with Crippen LogP contribution in [-0.2, 0) is 13.0 Å². The molecule has 0 saturated carbocycles. The lowest BCUT2D eigenvalue weighted by molar-refractivity contribution is 0.0973. The summed E-state index contributed by atoms with van der Waals surface area (Å²) < 4.78 is 0. The Morgan fingerprint density at radius 2 is 1.86 bits per heavy atom. The fourth-order valence-corrected chi connectivity index (χ4v) is 2.75. The third kappa shape index (κ3) is 2.65. The van der Waals surface area contributed by atoms with Gasteiger partial charge in [-0.15, -0.1) is 0 Å². The van der Waals surface area contributed by atoms with Crippen LogP contribution >= 0.6 is 0 Å². The van der Waals surface area contributed by atoms with E-state index in [2.05, 4.69) is 5.32 Å². The number of fused-ring (bicyclic) bond motifs is 1. The molecule has 4 heteroatoms. The summed E-state index contributed by atoms with van der Waals surface area (Å²) in [6.45, 7) is 0.272. The number of benzene rings is 2. The average Bonchev–Trinajstić information content (AvgIpc) is 2.83. The first kappa shape index (κ1) is 13.4. The van der Waals surface area contributed by atoms with Crippen LogP contribution in [0.1, 0.15) is 33.0 Å². The van der Waals surface area contributed by atoms with E-state index in [9.17, 15) is 9.59 Å². The highest BCUT2D eigenvalue weighted by molar-refractivity contribution is 6.05. The first-order valence-electron chi connectivity index (χ1n) is 6.83. The van der Waals surface area contributed by atoms with E-state index in [1.54, 1.807) is 0 Å². The highest BCUT2D eigenvalue weighted by Gasteiger charge is 2.30. The number of carbonyl (C=O) groups excluding carboxylic acids is 1. The largest absolute Gasteiger partial charge is 0.465 e. The van der Waals surface area contributed by atoms with Crippen LogP contribution in [0.5, 0.6) is 0 Å². The molecule has 0 aromatic heterocycles. The molecule has 1 unspecified atom stereocenters. The number of hydrogen-bond acceptors (Lipinski definition) is 2. The zero-order valence-corrected chi connectivity index (χ0v) is 11.4. The molecule has 2 aromatic carbocycles. The van der Waals surface area contributed by atoms with E-state index in [1.807, 2.05) is 48.5 Å². The molecule has 0 fully saturated rings. The quantitative estimate of drug-likeness (QED) is 0.909. The van der Waals surface area contributed by atoms with Crippen molar-refractivity contribution in [3.63, 3.8) is 0 Å². The lowest BCUT2D eigenvalue weighted by atomic mass is 9.94. The zero-order chi connectivity index (χ0) is 14.8. The van der Waals surface area contributed by atoms with Gasteiger partial charge in [0.05, 0.1) is 5.92 Å². The molecule has 1 aliphatic carbocycles. The maximum absolute atomic E-state index is 12.4. The molecule has 0 radical (unpaired) electrons. The number of hydrogen-bond donors (Lipinski definition) is 2. The number of nitrogens with one attached hydrogen (secondary N) is 1. The minimum absolute atomic E-state index is 0.121. The van der Waals surface area contributed by atoms with Crippen LogP contribution in [0, 0.1) is 0 Å². The molecular weight excluding hydrogens is 266 g/mol. The normalized spacial score (nSPS) is 16.6. The zero-order valence-electron chi connectivity index (χ0n) is 11.4. The Labute approximate surface area is 122 Å². The molecule has 2 N–H and O–H groups in total. The van der Waals surface area contributed by atoms with Gasteiger partial charge in [-0.2, -0.15) is 0 Å². The van der Waals surface area contributed by atoms with Crippen molar-refractivity contribution in [2.24, 2.45) is 0 Å². The Morgan fingerprint density at radius 1 is 1.14 bits per heavy atom. The summed E-state index contributed by atoms with van der Waals surface area (Å²) in [6, 6.07) is 15.3. The van der Waals surface area contributed by atoms with E-state index in [0.717, 1.165) is 28.7 Å². The molecule has 0 saturated heterocycles. The van der Waals surface area contributed by atoms with E-state index in [-0.39, 0.29) is 18.2 Å². The monoisotopic (exact) mass is 281 g/mol. The van der Waals surface area contributed by atoms with E-state index in [0.29, 0.717) is 0 Å². The molecule has 4 nitrogen and oxygen atoms in total. The van der Waals surface area contributed by atoms with Gasteiger partial charge < -0.3 is 10.4 Å². The van der Waals surface area contributed by atoms with Crippen molar-refractivity contribution in [3.8, 4) is 0 Å². The number of carboxylic acid groups (broad SMARTS) is 1. The van der Waals surface area contributed by atoms with Crippen molar-refractivity contribution >= 4 is 11.9 Å². The fraction of sp³-hybridized carbons (Fsp3) is 0.176. The summed E-state index contributed by atoms with van der Waals surface area (Å²) in [5.41, 5.74) is 3.78. The maximum Gasteiger partial charge on any atom is 0.404 e. The third-order valence-electron chi connectivity index (χ3n) is 3.85. The predicted molar refractivity (Wildman–Crippen MR) is 78.5 cm³/mol. The van der Waals surface area contributed by atoms with Crippen molar-refractivity contribution in [3.05, 3.63) is 70.8 Å². The van der Waals surface area contributed by atoms with Gasteiger partial charge in [-0.1, -0.05) is 48.5 Å². The van der Waals surface area contributed by atoms with Crippen LogP contribution in [0.25, 0.3) is 0 Å². The van der Waals surface area contributed by atoms with Crippen LogP contribution in [0.3, 0.4) is 0 Å². The van der Waals surface area contributed by atoms with Crippen LogP contribution in [0.15, 0.2) is 48.5 Å². The average molecular weight is 281 g/mol. The van der Waals surface area contributed by atoms with Gasteiger partial charge in [0.15, 0.2) is 5.78 Å². The second-order valence-corrected chi connectivity index (χ2v) is 5.18. The van der Waals surface area contributed by atoms with Crippen LogP contribution in [-0.4, -0.2) is 17.0 Å². The van der Waals surface area contributed by atoms with Gasteiger partial charge in [-0.05, 0) is 23.1 Å². The minimum Gasteiger partial charge on any atom is -0.465 e. The molecule has 0 spiro atoms. The first-order valence-corrected chi connectivity index (χ1v) is 6.83. The number of ketones is 1. The second kappa shape index (κ2) is 5.40. The smallest absolute Gasteiger partial charge is 0.404 e. The van der Waals surface area contributed by atoms with Gasteiger partial charge in [0.2, 0.25) is 0 Å². The number of carbonyl (C=O) groups is 2. The molecule has 1 amide bonds. The molecular formula is C17H15NO3. The van der Waals surface area contributed by atoms with Gasteiger partial charge in [0.25, 0.3) is 0 Å². The van der Waals surface area contributed by atoms with E-state index < -0.39 is 6.09 Å². The molecule has 0 bridgehead atoms. The molecule has 1 atom stereocenters. The summed E-state index contributed by atoms with van der Waals surface area (Å²) in [5, 5.41) is 10.9. The molecule has 0 heterocycles. The summed E-state index contributed by atoms with van der Waals surface area (Å²) >= 11 is 0. The van der Waals surface area contributed by atoms with Crippen LogP contribution in [0.4, 0.5) is 4.79 Å². The molecule has 0 aliphatic heterocycles. The molecule has 2 aromatic rings. The lowest BCUT2D eigenvalue weighted by Gasteiger charge is -2.09. The molecule has 1 aliphatic rings.